The number of fused-ring (bicyclic) bond motifs is 1. The van der Waals surface area contributed by atoms with Crippen molar-refractivity contribution < 1.29 is 8.42 Å². The molecule has 2 aromatic carbocycles. The van der Waals surface area contributed by atoms with Crippen LogP contribution in [0.15, 0.2) is 47.4 Å². The zero-order valence-electron chi connectivity index (χ0n) is 17.6. The average Bonchev–Trinajstić information content (AvgIpc) is 2.75. The van der Waals surface area contributed by atoms with Gasteiger partial charge in [-0.25, -0.2) is 13.1 Å². The number of sulfonamides is 1. The molecule has 0 amide bonds. The van der Waals surface area contributed by atoms with Gasteiger partial charge in [0.2, 0.25) is 10.0 Å². The Morgan fingerprint density at radius 3 is 2.45 bits per heavy atom. The molecule has 0 heterocycles. The molecule has 160 valence electrons. The first kappa shape index (κ1) is 22.2. The monoisotopic (exact) mass is 417 g/mol. The van der Waals surface area contributed by atoms with Crippen molar-refractivity contribution >= 4 is 20.8 Å². The second-order valence-corrected chi connectivity index (χ2v) is 9.90. The van der Waals surface area contributed by atoms with Gasteiger partial charge in [-0.05, 0) is 62.2 Å². The van der Waals surface area contributed by atoms with Crippen molar-refractivity contribution in [2.45, 2.75) is 55.9 Å². The highest BCUT2D eigenvalue weighted by Crippen LogP contribution is 2.21. The lowest BCUT2D eigenvalue weighted by Gasteiger charge is -2.31. The van der Waals surface area contributed by atoms with Gasteiger partial charge >= 0.3 is 0 Å². The Bertz CT molecular complexity index is 863. The second-order valence-electron chi connectivity index (χ2n) is 8.14. The molecule has 1 aliphatic carbocycles. The van der Waals surface area contributed by atoms with Gasteiger partial charge in [0.15, 0.2) is 0 Å². The fourth-order valence-electron chi connectivity index (χ4n) is 4.08. The van der Waals surface area contributed by atoms with Crippen LogP contribution in [-0.4, -0.2) is 52.6 Å². The molecule has 5 nitrogen and oxygen atoms in total. The van der Waals surface area contributed by atoms with E-state index in [4.69, 9.17) is 0 Å². The summed E-state index contributed by atoms with van der Waals surface area (Å²) in [6, 6.07) is 13.8. The fourth-order valence-corrected chi connectivity index (χ4v) is 5.19. The van der Waals surface area contributed by atoms with Gasteiger partial charge in [-0.2, -0.15) is 0 Å². The molecule has 3 rings (SSSR count). The number of benzene rings is 2. The van der Waals surface area contributed by atoms with Gasteiger partial charge in [0.05, 0.1) is 4.90 Å². The summed E-state index contributed by atoms with van der Waals surface area (Å²) in [6.07, 6.45) is 8.62. The van der Waals surface area contributed by atoms with Crippen molar-refractivity contribution in [2.24, 2.45) is 0 Å². The third kappa shape index (κ3) is 6.78. The highest BCUT2D eigenvalue weighted by atomic mass is 32.2. The molecule has 0 spiro atoms. The largest absolute Gasteiger partial charge is 0.315 e. The summed E-state index contributed by atoms with van der Waals surface area (Å²) in [5.74, 6) is 0. The van der Waals surface area contributed by atoms with E-state index in [1.54, 1.807) is 12.1 Å². The minimum atomic E-state index is -3.45. The zero-order valence-corrected chi connectivity index (χ0v) is 18.4. The summed E-state index contributed by atoms with van der Waals surface area (Å²) < 4.78 is 27.7. The van der Waals surface area contributed by atoms with Crippen LogP contribution < -0.4 is 10.0 Å². The summed E-state index contributed by atoms with van der Waals surface area (Å²) in [5.41, 5.74) is 0. The molecule has 6 heteroatoms. The third-order valence-corrected chi connectivity index (χ3v) is 7.40. The van der Waals surface area contributed by atoms with E-state index in [0.29, 0.717) is 11.4 Å². The smallest absolute Gasteiger partial charge is 0.240 e. The maximum Gasteiger partial charge on any atom is 0.240 e. The van der Waals surface area contributed by atoms with E-state index in [9.17, 15) is 8.42 Å². The Morgan fingerprint density at radius 2 is 1.66 bits per heavy atom. The SMILES string of the molecule is CN(CCNCCCCNS(=O)(=O)c1ccc2ccccc2c1)C1CCCCC1. The molecule has 0 unspecified atom stereocenters. The van der Waals surface area contributed by atoms with Crippen LogP contribution in [0.3, 0.4) is 0 Å². The van der Waals surface area contributed by atoms with E-state index >= 15 is 0 Å². The maximum absolute atomic E-state index is 12.5. The molecule has 0 aromatic heterocycles. The Kier molecular flexibility index (Phi) is 8.48. The first-order chi connectivity index (χ1) is 14.1. The van der Waals surface area contributed by atoms with E-state index in [1.807, 2.05) is 30.3 Å². The molecule has 1 aliphatic rings. The summed E-state index contributed by atoms with van der Waals surface area (Å²) in [5, 5.41) is 5.48. The number of likely N-dealkylation sites (N-methyl/N-ethyl adjacent to an activating group) is 1. The molecule has 0 bridgehead atoms. The van der Waals surface area contributed by atoms with Crippen molar-refractivity contribution in [1.29, 1.82) is 0 Å². The predicted octanol–water partition coefficient (Wildman–Crippen LogP) is 3.75. The molecule has 29 heavy (non-hydrogen) atoms. The van der Waals surface area contributed by atoms with Crippen LogP contribution in [0.1, 0.15) is 44.9 Å². The van der Waals surface area contributed by atoms with E-state index < -0.39 is 10.0 Å². The van der Waals surface area contributed by atoms with E-state index in [1.165, 1.54) is 32.1 Å². The average molecular weight is 418 g/mol. The minimum absolute atomic E-state index is 0.333. The van der Waals surface area contributed by atoms with Crippen LogP contribution in [0, 0.1) is 0 Å². The number of hydrogen-bond acceptors (Lipinski definition) is 4. The predicted molar refractivity (Wildman–Crippen MR) is 121 cm³/mol. The molecule has 0 aliphatic heterocycles. The Hall–Kier alpha value is -1.47. The molecule has 2 N–H and O–H groups in total. The van der Waals surface area contributed by atoms with Gasteiger partial charge in [-0.15, -0.1) is 0 Å². The van der Waals surface area contributed by atoms with Gasteiger partial charge in [0, 0.05) is 25.7 Å². The molecular weight excluding hydrogens is 382 g/mol. The molecule has 0 atom stereocenters. The summed E-state index contributed by atoms with van der Waals surface area (Å²) in [7, 11) is -1.21. The van der Waals surface area contributed by atoms with Crippen LogP contribution >= 0.6 is 0 Å². The first-order valence-corrected chi connectivity index (χ1v) is 12.4. The highest BCUT2D eigenvalue weighted by molar-refractivity contribution is 7.89. The van der Waals surface area contributed by atoms with Crippen LogP contribution in [0.5, 0.6) is 0 Å². The summed E-state index contributed by atoms with van der Waals surface area (Å²) in [4.78, 5) is 2.82. The fraction of sp³-hybridized carbons (Fsp3) is 0.565. The van der Waals surface area contributed by atoms with Gasteiger partial charge in [0.1, 0.15) is 0 Å². The molecular formula is C23H35N3O2S. The van der Waals surface area contributed by atoms with Crippen LogP contribution in [-0.2, 0) is 10.0 Å². The quantitative estimate of drug-likeness (QED) is 0.547. The van der Waals surface area contributed by atoms with Crippen molar-refractivity contribution in [1.82, 2.24) is 14.9 Å². The number of nitrogens with one attached hydrogen (secondary N) is 2. The molecule has 1 fully saturated rings. The van der Waals surface area contributed by atoms with Crippen LogP contribution in [0.25, 0.3) is 10.8 Å². The van der Waals surface area contributed by atoms with Crippen LogP contribution in [0.2, 0.25) is 0 Å². The minimum Gasteiger partial charge on any atom is -0.315 e. The Morgan fingerprint density at radius 1 is 0.931 bits per heavy atom. The Balaban J connectivity index is 1.30. The van der Waals surface area contributed by atoms with E-state index in [-0.39, 0.29) is 0 Å². The zero-order chi connectivity index (χ0) is 20.5. The third-order valence-electron chi connectivity index (χ3n) is 5.94. The van der Waals surface area contributed by atoms with E-state index in [0.717, 1.165) is 49.3 Å². The normalized spacial score (nSPS) is 15.9. The lowest BCUT2D eigenvalue weighted by molar-refractivity contribution is 0.192. The lowest BCUT2D eigenvalue weighted by atomic mass is 9.94. The molecule has 0 radical (unpaired) electrons. The molecule has 0 saturated heterocycles. The number of rotatable bonds is 11. The second kappa shape index (κ2) is 11.1. The Labute approximate surface area is 175 Å². The van der Waals surface area contributed by atoms with E-state index in [2.05, 4.69) is 22.0 Å². The maximum atomic E-state index is 12.5. The summed E-state index contributed by atoms with van der Waals surface area (Å²) in [6.45, 7) is 3.48. The van der Waals surface area contributed by atoms with Crippen molar-refractivity contribution in [3.8, 4) is 0 Å². The number of unbranched alkanes of at least 4 members (excludes halogenated alkanes) is 1. The standard InChI is InChI=1S/C23H35N3O2S/c1-26(22-11-3-2-4-12-22)18-17-24-15-7-8-16-25-29(27,28)23-14-13-20-9-5-6-10-21(20)19-23/h5-6,9-10,13-14,19,22,24-25H,2-4,7-8,11-12,15-18H2,1H3. The molecule has 1 saturated carbocycles. The van der Waals surface area contributed by atoms with Gasteiger partial charge in [0.25, 0.3) is 0 Å². The number of hydrogen-bond donors (Lipinski definition) is 2. The van der Waals surface area contributed by atoms with Gasteiger partial charge in [-0.3, -0.25) is 0 Å². The van der Waals surface area contributed by atoms with Crippen molar-refractivity contribution in [3.63, 3.8) is 0 Å². The van der Waals surface area contributed by atoms with Crippen LogP contribution in [0.4, 0.5) is 0 Å². The van der Waals surface area contributed by atoms with Crippen molar-refractivity contribution in [2.75, 3.05) is 33.2 Å². The topological polar surface area (TPSA) is 61.4 Å². The number of nitrogens with zero attached hydrogens (tertiary/aromatic N) is 1. The highest BCUT2D eigenvalue weighted by Gasteiger charge is 2.17. The van der Waals surface area contributed by atoms with Crippen molar-refractivity contribution in [3.05, 3.63) is 42.5 Å². The first-order valence-electron chi connectivity index (χ1n) is 11.0. The van der Waals surface area contributed by atoms with Gasteiger partial charge in [-0.1, -0.05) is 49.6 Å². The lowest BCUT2D eigenvalue weighted by Crippen LogP contribution is -2.38. The van der Waals surface area contributed by atoms with Gasteiger partial charge < -0.3 is 10.2 Å². The molecule has 2 aromatic rings. The summed E-state index contributed by atoms with van der Waals surface area (Å²) >= 11 is 0.